The van der Waals surface area contributed by atoms with Gasteiger partial charge in [-0.2, -0.15) is 4.98 Å². The SMILES string of the molecule is CCC(CCN)CCc1nc(-c2ncccn2)no1. The molecule has 2 heterocycles. The van der Waals surface area contributed by atoms with E-state index in [1.165, 1.54) is 0 Å². The van der Waals surface area contributed by atoms with Crippen molar-refractivity contribution in [3.63, 3.8) is 0 Å². The molecule has 102 valence electrons. The third kappa shape index (κ3) is 3.82. The first kappa shape index (κ1) is 13.6. The Labute approximate surface area is 112 Å². The molecular weight excluding hydrogens is 242 g/mol. The van der Waals surface area contributed by atoms with Crippen LogP contribution in [0.2, 0.25) is 0 Å². The van der Waals surface area contributed by atoms with Crippen molar-refractivity contribution in [3.05, 3.63) is 24.4 Å². The summed E-state index contributed by atoms with van der Waals surface area (Å²) in [5.74, 6) is 2.19. The molecule has 0 bridgehead atoms. The van der Waals surface area contributed by atoms with Gasteiger partial charge in [0.1, 0.15) is 0 Å². The molecular formula is C13H19N5O. The summed E-state index contributed by atoms with van der Waals surface area (Å²) in [5.41, 5.74) is 5.59. The number of nitrogens with two attached hydrogens (primary N) is 1. The molecule has 0 aliphatic heterocycles. The van der Waals surface area contributed by atoms with Crippen molar-refractivity contribution in [1.82, 2.24) is 20.1 Å². The standard InChI is InChI=1S/C13H19N5O/c1-2-10(6-7-14)4-5-11-17-13(18-19-11)12-15-8-3-9-16-12/h3,8-10H,2,4-7,14H2,1H3. The first-order valence-corrected chi connectivity index (χ1v) is 6.63. The number of hydrogen-bond donors (Lipinski definition) is 1. The second-order valence-electron chi connectivity index (χ2n) is 4.47. The van der Waals surface area contributed by atoms with Crippen LogP contribution < -0.4 is 5.73 Å². The lowest BCUT2D eigenvalue weighted by molar-refractivity contribution is 0.354. The van der Waals surface area contributed by atoms with Gasteiger partial charge in [0.25, 0.3) is 0 Å². The van der Waals surface area contributed by atoms with Gasteiger partial charge in [0.15, 0.2) is 0 Å². The zero-order chi connectivity index (χ0) is 13.5. The van der Waals surface area contributed by atoms with Gasteiger partial charge in [-0.25, -0.2) is 9.97 Å². The maximum atomic E-state index is 5.59. The number of aromatic nitrogens is 4. The second-order valence-corrected chi connectivity index (χ2v) is 4.47. The molecule has 6 nitrogen and oxygen atoms in total. The third-order valence-electron chi connectivity index (χ3n) is 3.15. The van der Waals surface area contributed by atoms with Gasteiger partial charge in [-0.3, -0.25) is 0 Å². The Hall–Kier alpha value is -1.82. The van der Waals surface area contributed by atoms with Crippen LogP contribution in [0, 0.1) is 5.92 Å². The van der Waals surface area contributed by atoms with E-state index in [2.05, 4.69) is 27.0 Å². The largest absolute Gasteiger partial charge is 0.339 e. The lowest BCUT2D eigenvalue weighted by Gasteiger charge is -2.11. The van der Waals surface area contributed by atoms with Crippen LogP contribution >= 0.6 is 0 Å². The monoisotopic (exact) mass is 261 g/mol. The first-order valence-electron chi connectivity index (χ1n) is 6.63. The van der Waals surface area contributed by atoms with Crippen LogP contribution in [0.4, 0.5) is 0 Å². The van der Waals surface area contributed by atoms with Crippen LogP contribution in [0.5, 0.6) is 0 Å². The van der Waals surface area contributed by atoms with E-state index in [-0.39, 0.29) is 0 Å². The molecule has 2 aromatic rings. The minimum atomic E-state index is 0.447. The van der Waals surface area contributed by atoms with Crippen molar-refractivity contribution in [3.8, 4) is 11.6 Å². The summed E-state index contributed by atoms with van der Waals surface area (Å²) in [7, 11) is 0. The van der Waals surface area contributed by atoms with Gasteiger partial charge >= 0.3 is 0 Å². The molecule has 19 heavy (non-hydrogen) atoms. The van der Waals surface area contributed by atoms with Crippen LogP contribution in [-0.4, -0.2) is 26.7 Å². The number of nitrogens with zero attached hydrogens (tertiary/aromatic N) is 4. The summed E-state index contributed by atoms with van der Waals surface area (Å²) in [6, 6.07) is 1.75. The lowest BCUT2D eigenvalue weighted by atomic mass is 9.97. The Morgan fingerprint density at radius 1 is 1.21 bits per heavy atom. The average Bonchev–Trinajstić information content (AvgIpc) is 2.93. The minimum absolute atomic E-state index is 0.447. The van der Waals surface area contributed by atoms with E-state index in [4.69, 9.17) is 10.3 Å². The van der Waals surface area contributed by atoms with Gasteiger partial charge in [-0.15, -0.1) is 0 Å². The van der Waals surface area contributed by atoms with E-state index in [0.29, 0.717) is 23.5 Å². The van der Waals surface area contributed by atoms with Crippen molar-refractivity contribution in [2.75, 3.05) is 6.54 Å². The zero-order valence-corrected chi connectivity index (χ0v) is 11.1. The fourth-order valence-corrected chi connectivity index (χ4v) is 1.98. The van der Waals surface area contributed by atoms with Crippen LogP contribution in [0.1, 0.15) is 32.1 Å². The van der Waals surface area contributed by atoms with E-state index >= 15 is 0 Å². The van der Waals surface area contributed by atoms with Gasteiger partial charge in [0, 0.05) is 18.8 Å². The maximum absolute atomic E-state index is 5.59. The Balaban J connectivity index is 1.94. The second kappa shape index (κ2) is 6.94. The molecule has 0 radical (unpaired) electrons. The van der Waals surface area contributed by atoms with Crippen LogP contribution in [0.25, 0.3) is 11.6 Å². The van der Waals surface area contributed by atoms with E-state index < -0.39 is 0 Å². The van der Waals surface area contributed by atoms with Gasteiger partial charge in [0.05, 0.1) is 0 Å². The molecule has 0 aliphatic carbocycles. The molecule has 0 amide bonds. The predicted octanol–water partition coefficient (Wildman–Crippen LogP) is 1.83. The molecule has 0 spiro atoms. The predicted molar refractivity (Wildman–Crippen MR) is 71.1 cm³/mol. The van der Waals surface area contributed by atoms with Gasteiger partial charge in [0.2, 0.25) is 17.5 Å². The van der Waals surface area contributed by atoms with Crippen molar-refractivity contribution < 1.29 is 4.52 Å². The smallest absolute Gasteiger partial charge is 0.240 e. The highest BCUT2D eigenvalue weighted by molar-refractivity contribution is 5.40. The van der Waals surface area contributed by atoms with E-state index in [0.717, 1.165) is 32.2 Å². The molecule has 2 N–H and O–H groups in total. The number of rotatable bonds is 7. The van der Waals surface area contributed by atoms with Crippen molar-refractivity contribution in [2.45, 2.75) is 32.6 Å². The molecule has 0 aliphatic rings. The van der Waals surface area contributed by atoms with Crippen molar-refractivity contribution in [2.24, 2.45) is 11.7 Å². The summed E-state index contributed by atoms with van der Waals surface area (Å²) >= 11 is 0. The lowest BCUT2D eigenvalue weighted by Crippen LogP contribution is -2.09. The van der Waals surface area contributed by atoms with Gasteiger partial charge in [-0.05, 0) is 31.4 Å². The fourth-order valence-electron chi connectivity index (χ4n) is 1.98. The highest BCUT2D eigenvalue weighted by atomic mass is 16.5. The van der Waals surface area contributed by atoms with E-state index in [1.807, 2.05) is 0 Å². The summed E-state index contributed by atoms with van der Waals surface area (Å²) in [6.07, 6.45) is 7.28. The van der Waals surface area contributed by atoms with Crippen molar-refractivity contribution in [1.29, 1.82) is 0 Å². The summed E-state index contributed by atoms with van der Waals surface area (Å²) < 4.78 is 5.22. The topological polar surface area (TPSA) is 90.7 Å². The maximum Gasteiger partial charge on any atom is 0.240 e. The Morgan fingerprint density at radius 2 is 2.00 bits per heavy atom. The van der Waals surface area contributed by atoms with E-state index in [1.54, 1.807) is 18.5 Å². The highest BCUT2D eigenvalue weighted by Gasteiger charge is 2.12. The van der Waals surface area contributed by atoms with E-state index in [9.17, 15) is 0 Å². The molecule has 2 rings (SSSR count). The third-order valence-corrected chi connectivity index (χ3v) is 3.15. The molecule has 1 unspecified atom stereocenters. The molecule has 0 saturated carbocycles. The Kier molecular flexibility index (Phi) is 4.97. The average molecular weight is 261 g/mol. The van der Waals surface area contributed by atoms with Crippen molar-refractivity contribution >= 4 is 0 Å². The first-order chi connectivity index (χ1) is 9.33. The Bertz CT molecular complexity index is 485. The van der Waals surface area contributed by atoms with Gasteiger partial charge in [-0.1, -0.05) is 18.5 Å². The zero-order valence-electron chi connectivity index (χ0n) is 11.1. The molecule has 0 saturated heterocycles. The molecule has 1 atom stereocenters. The summed E-state index contributed by atoms with van der Waals surface area (Å²) in [5, 5.41) is 3.90. The normalized spacial score (nSPS) is 12.5. The van der Waals surface area contributed by atoms with Crippen LogP contribution in [-0.2, 0) is 6.42 Å². The Morgan fingerprint density at radius 3 is 2.68 bits per heavy atom. The molecule has 0 fully saturated rings. The number of aryl methyl sites for hydroxylation is 1. The van der Waals surface area contributed by atoms with Crippen LogP contribution in [0.15, 0.2) is 23.0 Å². The minimum Gasteiger partial charge on any atom is -0.339 e. The molecule has 2 aromatic heterocycles. The molecule has 0 aromatic carbocycles. The highest BCUT2D eigenvalue weighted by Crippen LogP contribution is 2.16. The molecule has 6 heteroatoms. The van der Waals surface area contributed by atoms with Gasteiger partial charge < -0.3 is 10.3 Å². The fraction of sp³-hybridized carbons (Fsp3) is 0.538. The quantitative estimate of drug-likeness (QED) is 0.817. The summed E-state index contributed by atoms with van der Waals surface area (Å²) in [4.78, 5) is 12.5. The number of hydrogen-bond acceptors (Lipinski definition) is 6. The summed E-state index contributed by atoms with van der Waals surface area (Å²) in [6.45, 7) is 2.91. The van der Waals surface area contributed by atoms with Crippen LogP contribution in [0.3, 0.4) is 0 Å².